The predicted octanol–water partition coefficient (Wildman–Crippen LogP) is 25.9. The first kappa shape index (κ1) is 73.2. The smallest absolute Gasteiger partial charge is 0.270 e. The van der Waals surface area contributed by atoms with Crippen molar-refractivity contribution in [2.45, 2.75) is 131 Å². The summed E-state index contributed by atoms with van der Waals surface area (Å²) in [5.41, 5.74) is 25.9. The van der Waals surface area contributed by atoms with Crippen molar-refractivity contribution in [3.8, 4) is 57.5 Å². The van der Waals surface area contributed by atoms with Crippen molar-refractivity contribution in [1.82, 2.24) is 13.2 Å². The van der Waals surface area contributed by atoms with E-state index in [1.807, 2.05) is 54.6 Å². The Labute approximate surface area is 700 Å². The highest BCUT2D eigenvalue weighted by Crippen LogP contribution is 2.50. The summed E-state index contributed by atoms with van der Waals surface area (Å²) in [6.45, 7) is 34.2. The Morgan fingerprint density at radius 2 is 0.525 bits per heavy atom. The Morgan fingerprint density at radius 3 is 1.01 bits per heavy atom. The average Bonchev–Trinajstić information content (AvgIpc) is 1.50. The number of rotatable bonds is 0. The molecule has 0 saturated heterocycles. The number of fused-ring (bicyclic) bond motifs is 22. The van der Waals surface area contributed by atoms with Crippen LogP contribution in [0.4, 0.5) is 0 Å². The van der Waals surface area contributed by atoms with E-state index in [9.17, 15) is 0 Å². The molecule has 584 valence electrons. The van der Waals surface area contributed by atoms with Crippen LogP contribution in [-0.4, -0.2) is 26.6 Å². The van der Waals surface area contributed by atoms with Gasteiger partial charge in [-0.25, -0.2) is 0 Å². The van der Waals surface area contributed by atoms with E-state index in [0.717, 1.165) is 79.3 Å². The van der Waals surface area contributed by atoms with Crippen LogP contribution in [-0.2, 0) is 27.1 Å². The van der Waals surface area contributed by atoms with E-state index in [-0.39, 0.29) is 40.5 Å². The van der Waals surface area contributed by atoms with E-state index < -0.39 is 0 Å². The van der Waals surface area contributed by atoms with Gasteiger partial charge in [-0.1, -0.05) is 292 Å². The van der Waals surface area contributed by atoms with Gasteiger partial charge in [0.15, 0.2) is 0 Å². The molecule has 26 rings (SSSR count). The molecule has 6 aromatic heterocycles. The molecule has 0 fully saturated rings. The number of aromatic nitrogens is 3. The zero-order chi connectivity index (χ0) is 82.1. The lowest BCUT2D eigenvalue weighted by molar-refractivity contribution is 0.431. The second-order valence-electron chi connectivity index (χ2n) is 38.6. The van der Waals surface area contributed by atoms with Gasteiger partial charge in [0, 0.05) is 86.5 Å². The molecule has 5 aliphatic heterocycles. The summed E-state index contributed by atoms with van der Waals surface area (Å²) >= 11 is 0. The second-order valence-corrected chi connectivity index (χ2v) is 38.6. The molecule has 11 heterocycles. The van der Waals surface area contributed by atoms with Crippen LogP contribution in [0.2, 0.25) is 0 Å². The van der Waals surface area contributed by atoms with Crippen molar-refractivity contribution in [1.29, 1.82) is 0 Å². The minimum absolute atomic E-state index is 0.00182. The maximum absolute atomic E-state index is 6.45. The highest BCUT2D eigenvalue weighted by molar-refractivity contribution is 7.00. The van der Waals surface area contributed by atoms with Crippen LogP contribution in [0.3, 0.4) is 0 Å². The van der Waals surface area contributed by atoms with Gasteiger partial charge >= 0.3 is 0 Å². The van der Waals surface area contributed by atoms with Gasteiger partial charge in [0.05, 0.1) is 49.7 Å². The van der Waals surface area contributed by atoms with Crippen molar-refractivity contribution in [2.24, 2.45) is 0 Å². The van der Waals surface area contributed by atoms with Gasteiger partial charge in [-0.3, -0.25) is 0 Å². The van der Waals surface area contributed by atoms with Crippen LogP contribution < -0.4 is 56.5 Å². The fourth-order valence-corrected chi connectivity index (χ4v) is 20.2. The van der Waals surface area contributed by atoms with Crippen molar-refractivity contribution in [3.63, 3.8) is 0 Å². The molecule has 0 N–H and O–H groups in total. The molecule has 15 aromatic carbocycles. The van der Waals surface area contributed by atoms with Crippen LogP contribution in [0.15, 0.2) is 291 Å². The number of hydrogen-bond acceptors (Lipinski definition) is 5. The Hall–Kier alpha value is -13.2. The molecule has 120 heavy (non-hydrogen) atoms. The lowest BCUT2D eigenvalue weighted by Gasteiger charge is -2.39. The van der Waals surface area contributed by atoms with Gasteiger partial charge in [-0.05, 0) is 169 Å². The molecule has 0 radical (unpaired) electrons. The van der Waals surface area contributed by atoms with Crippen LogP contribution >= 0.6 is 0 Å². The molecule has 0 aliphatic carbocycles. The molecule has 0 saturated carbocycles. The monoisotopic (exact) mass is 1560 g/mol. The second kappa shape index (κ2) is 26.2. The summed E-state index contributed by atoms with van der Waals surface area (Å²) in [5.74, 6) is 9.06. The van der Waals surface area contributed by atoms with Gasteiger partial charge in [0.2, 0.25) is 0 Å². The predicted molar refractivity (Wildman–Crippen MR) is 505 cm³/mol. The van der Waals surface area contributed by atoms with Gasteiger partial charge in [-0.15, -0.1) is 0 Å². The lowest BCUT2D eigenvalue weighted by atomic mass is 9.33. The number of benzene rings is 15. The van der Waals surface area contributed by atoms with Crippen molar-refractivity contribution < 1.29 is 23.7 Å². The Morgan fingerprint density at radius 1 is 0.208 bits per heavy atom. The number of ether oxygens (including phenoxy) is 5. The summed E-state index contributed by atoms with van der Waals surface area (Å²) in [5, 5.41) is 16.4. The van der Waals surface area contributed by atoms with Crippen LogP contribution in [0.5, 0.6) is 57.5 Å². The van der Waals surface area contributed by atoms with E-state index in [1.54, 1.807) is 0 Å². The first-order chi connectivity index (χ1) is 57.7. The molecule has 0 unspecified atom stereocenters. The molecule has 0 amide bonds. The van der Waals surface area contributed by atoms with Crippen LogP contribution in [0.25, 0.3) is 114 Å². The molecule has 0 bridgehead atoms. The maximum atomic E-state index is 6.45. The lowest BCUT2D eigenvalue weighted by Crippen LogP contribution is -2.60. The van der Waals surface area contributed by atoms with E-state index >= 15 is 0 Å². The third-order valence-corrected chi connectivity index (χ3v) is 25.9. The quantitative estimate of drug-likeness (QED) is 0.142. The van der Waals surface area contributed by atoms with E-state index in [4.69, 9.17) is 23.7 Å². The highest BCUT2D eigenvalue weighted by Gasteiger charge is 2.48. The molecule has 0 atom stereocenters. The zero-order valence-corrected chi connectivity index (χ0v) is 70.8. The molecule has 0 spiro atoms. The Bertz CT molecular complexity index is 7680. The third-order valence-electron chi connectivity index (χ3n) is 25.9. The fraction of sp³-hybridized carbons (Fsp3) is 0.182. The topological polar surface area (TPSA) is 59.4 Å². The summed E-state index contributed by atoms with van der Waals surface area (Å²) in [7, 11) is 0. The van der Waals surface area contributed by atoms with E-state index in [1.165, 1.54) is 153 Å². The summed E-state index contributed by atoms with van der Waals surface area (Å²) in [6.07, 6.45) is 0. The Balaban J connectivity index is 0.0000000901. The molecule has 8 nitrogen and oxygen atoms in total. The van der Waals surface area contributed by atoms with Crippen molar-refractivity contribution >= 4 is 160 Å². The normalized spacial score (nSPS) is 13.6. The SMILES string of the molecule is CC(C)(C)c1cc2c3ccccc3n3c4ccccc4c(c1)c23.CC(C)(C)c1ccc2c(c1)c1cccc3c4ccccc4n2c31.CC(C)(C)c1ccc2c3c1Oc1cccc4c1B3c1c(cccc1O2)O4.CC(C)(C)c1ccc2c3c1Oc1ccccc1B3c1ccccc1O2.CC(C)(C)c1ccc2c3ccccc3n3c4ccccc4c1c23. The fourth-order valence-electron chi connectivity index (χ4n) is 20.2. The molecule has 5 aliphatic rings. The van der Waals surface area contributed by atoms with Crippen molar-refractivity contribution in [3.05, 3.63) is 319 Å². The number of nitrogens with zero attached hydrogens (tertiary/aromatic N) is 3. The average molecular weight is 1560 g/mol. The first-order valence-electron chi connectivity index (χ1n) is 42.4. The van der Waals surface area contributed by atoms with Crippen molar-refractivity contribution in [2.75, 3.05) is 0 Å². The number of hydrogen-bond donors (Lipinski definition) is 0. The standard InChI is InChI=1S/C22H17BO3.C22H19BO2.3C22H19N/c1-22(2,3)12-10-11-17-20-21(12)26-16-9-5-8-15-19(16)23(20)18-13(24-15)6-4-7-14(18)25-17;1-22(2,3)14-12-13-19-20-21(14)25-18-11-7-5-9-16(18)23(20)15-8-4-6-10-17(15)24-19;1-22(2,3)14-12-17-15-8-4-6-10-19(15)23-20-11-7-5-9-16(20)18(13-14)21(17)23;1-22(2,3)17-13-12-15-14-8-4-6-10-18(14)23-19-11-7-5-9-16(19)20(17)21(15)23;1-22(2,3)14-11-12-20-18(13-14)17-9-6-8-16-15-7-4-5-10-19(15)23(20)21(16)17/h4-11H,1-3H3;4-13H,1-3H3;3*4-13H,1-3H3. The van der Waals surface area contributed by atoms with Gasteiger partial charge in [-0.2, -0.15) is 0 Å². The highest BCUT2D eigenvalue weighted by atomic mass is 16.5. The molecule has 21 aromatic rings. The Kier molecular flexibility index (Phi) is 16.0. The van der Waals surface area contributed by atoms with Gasteiger partial charge in [0.25, 0.3) is 13.4 Å². The summed E-state index contributed by atoms with van der Waals surface area (Å²) < 4.78 is 38.8. The number of para-hydroxylation sites is 8. The third kappa shape index (κ3) is 11.0. The minimum atomic E-state index is -0.0234. The van der Waals surface area contributed by atoms with E-state index in [0.29, 0.717) is 0 Å². The summed E-state index contributed by atoms with van der Waals surface area (Å²) in [6, 6.07) is 104. The first-order valence-corrected chi connectivity index (χ1v) is 42.4. The van der Waals surface area contributed by atoms with Gasteiger partial charge in [0.1, 0.15) is 57.5 Å². The molecular weight excluding hydrogens is 1460 g/mol. The molecular formula is C110H93B2N3O5. The summed E-state index contributed by atoms with van der Waals surface area (Å²) in [4.78, 5) is 0. The zero-order valence-electron chi connectivity index (χ0n) is 70.8. The van der Waals surface area contributed by atoms with E-state index in [2.05, 4.69) is 354 Å². The maximum Gasteiger partial charge on any atom is 0.270 e. The minimum Gasteiger partial charge on any atom is -0.458 e. The van der Waals surface area contributed by atoms with Gasteiger partial charge < -0.3 is 36.9 Å². The largest absolute Gasteiger partial charge is 0.458 e. The molecule has 10 heteroatoms. The van der Waals surface area contributed by atoms with Crippen LogP contribution in [0, 0.1) is 0 Å². The van der Waals surface area contributed by atoms with Crippen LogP contribution in [0.1, 0.15) is 132 Å².